The molecule has 0 N–H and O–H groups in total. The number of ether oxygens (including phenoxy) is 1. The Morgan fingerprint density at radius 2 is 1.84 bits per heavy atom. The first-order chi connectivity index (χ1) is 18.2. The quantitative estimate of drug-likeness (QED) is 0.324. The van der Waals surface area contributed by atoms with Gasteiger partial charge in [-0.25, -0.2) is 9.38 Å². The van der Waals surface area contributed by atoms with E-state index in [2.05, 4.69) is 25.7 Å². The second-order valence-corrected chi connectivity index (χ2v) is 11.5. The number of hydrogen-bond donors (Lipinski definition) is 0. The highest BCUT2D eigenvalue weighted by Gasteiger charge is 2.36. The van der Waals surface area contributed by atoms with Gasteiger partial charge in [-0.15, -0.1) is 0 Å². The minimum absolute atomic E-state index is 0.0547. The molecule has 2 heterocycles. The maximum absolute atomic E-state index is 15.4. The van der Waals surface area contributed by atoms with E-state index in [4.69, 9.17) is 9.73 Å². The number of hydrogen-bond acceptors (Lipinski definition) is 5. The molecule has 0 bridgehead atoms. The Morgan fingerprint density at radius 3 is 2.53 bits per heavy atom. The summed E-state index contributed by atoms with van der Waals surface area (Å²) in [6, 6.07) is 20.7. The molecule has 2 aliphatic heterocycles. The summed E-state index contributed by atoms with van der Waals surface area (Å²) in [5.74, 6) is 0.504. The molecule has 5 rings (SSSR count). The van der Waals surface area contributed by atoms with Crippen molar-refractivity contribution < 1.29 is 13.9 Å². The van der Waals surface area contributed by atoms with Crippen LogP contribution in [0.2, 0.25) is 0 Å². The van der Waals surface area contributed by atoms with E-state index in [1.54, 1.807) is 24.2 Å². The SMILES string of the molecule is COc1ccc(CN2C(=O)/C(=C\c3cc4c(cc3F)N(C)C(C)(C)CC4C)SC2=Nc2ccccc2)cc1. The van der Waals surface area contributed by atoms with Crippen LogP contribution < -0.4 is 9.64 Å². The van der Waals surface area contributed by atoms with Crippen LogP contribution in [0.1, 0.15) is 49.8 Å². The van der Waals surface area contributed by atoms with Crippen LogP contribution in [0.5, 0.6) is 5.75 Å². The molecule has 0 aromatic heterocycles. The maximum Gasteiger partial charge on any atom is 0.267 e. The molecule has 1 atom stereocenters. The van der Waals surface area contributed by atoms with Gasteiger partial charge in [-0.05, 0) is 91.5 Å². The highest BCUT2D eigenvalue weighted by atomic mass is 32.2. The van der Waals surface area contributed by atoms with Crippen LogP contribution in [0, 0.1) is 5.82 Å². The predicted molar refractivity (Wildman–Crippen MR) is 155 cm³/mol. The van der Waals surface area contributed by atoms with Crippen molar-refractivity contribution in [2.45, 2.75) is 45.2 Å². The van der Waals surface area contributed by atoms with Gasteiger partial charge in [0.05, 0.1) is 24.2 Å². The number of benzene rings is 3. The fourth-order valence-electron chi connectivity index (χ4n) is 5.11. The number of methoxy groups -OCH3 is 1. The fourth-order valence-corrected chi connectivity index (χ4v) is 6.10. The minimum atomic E-state index is -0.337. The Bertz CT molecular complexity index is 1420. The van der Waals surface area contributed by atoms with Gasteiger partial charge in [0.1, 0.15) is 11.6 Å². The summed E-state index contributed by atoms with van der Waals surface area (Å²) in [6.45, 7) is 6.89. The number of amides is 1. The van der Waals surface area contributed by atoms with Crippen LogP contribution in [0.3, 0.4) is 0 Å². The average molecular weight is 530 g/mol. The van der Waals surface area contributed by atoms with Gasteiger partial charge < -0.3 is 9.64 Å². The summed E-state index contributed by atoms with van der Waals surface area (Å²) >= 11 is 1.28. The highest BCUT2D eigenvalue weighted by Crippen LogP contribution is 2.44. The van der Waals surface area contributed by atoms with Crippen molar-refractivity contribution in [1.82, 2.24) is 4.90 Å². The van der Waals surface area contributed by atoms with Crippen molar-refractivity contribution in [2.24, 2.45) is 4.99 Å². The molecule has 38 heavy (non-hydrogen) atoms. The van der Waals surface area contributed by atoms with Gasteiger partial charge in [-0.3, -0.25) is 9.69 Å². The zero-order chi connectivity index (χ0) is 27.0. The zero-order valence-corrected chi connectivity index (χ0v) is 23.2. The molecule has 3 aromatic rings. The Labute approximate surface area is 228 Å². The molecule has 7 heteroatoms. The highest BCUT2D eigenvalue weighted by molar-refractivity contribution is 8.18. The Hall–Kier alpha value is -3.58. The molecular weight excluding hydrogens is 497 g/mol. The Kier molecular flexibility index (Phi) is 7.05. The van der Waals surface area contributed by atoms with Crippen molar-refractivity contribution >= 4 is 40.3 Å². The minimum Gasteiger partial charge on any atom is -0.497 e. The summed E-state index contributed by atoms with van der Waals surface area (Å²) in [5, 5.41) is 0.566. The fraction of sp³-hybridized carbons (Fsp3) is 0.290. The normalized spacial score (nSPS) is 20.8. The molecule has 5 nitrogen and oxygen atoms in total. The lowest BCUT2D eigenvalue weighted by Crippen LogP contribution is -2.45. The van der Waals surface area contributed by atoms with E-state index in [9.17, 15) is 4.79 Å². The number of anilines is 1. The first-order valence-electron chi connectivity index (χ1n) is 12.7. The molecule has 3 aromatic carbocycles. The Morgan fingerprint density at radius 1 is 1.13 bits per heavy atom. The van der Waals surface area contributed by atoms with E-state index in [0.717, 1.165) is 34.7 Å². The lowest BCUT2D eigenvalue weighted by Gasteiger charge is -2.45. The topological polar surface area (TPSA) is 45.1 Å². The van der Waals surface area contributed by atoms with Crippen LogP contribution in [0.25, 0.3) is 6.08 Å². The molecule has 0 aliphatic carbocycles. The molecule has 196 valence electrons. The number of carbonyl (C=O) groups excluding carboxylic acids is 1. The summed E-state index contributed by atoms with van der Waals surface area (Å²) in [7, 11) is 3.64. The van der Waals surface area contributed by atoms with Crippen molar-refractivity contribution in [2.75, 3.05) is 19.1 Å². The largest absolute Gasteiger partial charge is 0.497 e. The molecule has 0 radical (unpaired) electrons. The third-order valence-electron chi connectivity index (χ3n) is 7.41. The molecule has 0 spiro atoms. The lowest BCUT2D eigenvalue weighted by molar-refractivity contribution is -0.122. The van der Waals surface area contributed by atoms with Gasteiger partial charge in [0, 0.05) is 23.8 Å². The van der Waals surface area contributed by atoms with Crippen molar-refractivity contribution in [1.29, 1.82) is 0 Å². The molecule has 1 unspecified atom stereocenters. The monoisotopic (exact) mass is 529 g/mol. The average Bonchev–Trinajstić information content (AvgIpc) is 3.18. The van der Waals surface area contributed by atoms with Gasteiger partial charge in [0.25, 0.3) is 5.91 Å². The van der Waals surface area contributed by atoms with E-state index in [1.807, 2.05) is 67.7 Å². The summed E-state index contributed by atoms with van der Waals surface area (Å²) in [5.41, 5.74) is 4.07. The molecule has 2 aliphatic rings. The lowest BCUT2D eigenvalue weighted by atomic mass is 9.80. The van der Waals surface area contributed by atoms with Crippen LogP contribution in [0.4, 0.5) is 15.8 Å². The smallest absolute Gasteiger partial charge is 0.267 e. The standard InChI is InChI=1S/C31H32FN3O2S/c1-20-18-31(2,3)34(4)27-17-26(32)22(15-25(20)27)16-28-29(36)35(19-21-11-13-24(37-5)14-12-21)30(38-28)33-23-9-7-6-8-10-23/h6-17,20H,18-19H2,1-5H3/b28-16+,33-30?. The number of thioether (sulfide) groups is 1. The van der Waals surface area contributed by atoms with Crippen LogP contribution in [0.15, 0.2) is 76.6 Å². The molecule has 1 amide bonds. The number of aliphatic imine (C=N–C) groups is 1. The number of carbonyl (C=O) groups is 1. The second-order valence-electron chi connectivity index (χ2n) is 10.5. The van der Waals surface area contributed by atoms with Crippen LogP contribution in [-0.4, -0.2) is 35.7 Å². The van der Waals surface area contributed by atoms with E-state index in [1.165, 1.54) is 11.8 Å². The maximum atomic E-state index is 15.4. The van der Waals surface area contributed by atoms with Gasteiger partial charge >= 0.3 is 0 Å². The summed E-state index contributed by atoms with van der Waals surface area (Å²) in [4.78, 5) is 22.7. The zero-order valence-electron chi connectivity index (χ0n) is 22.4. The van der Waals surface area contributed by atoms with Gasteiger partial charge in [0.15, 0.2) is 5.17 Å². The number of amidine groups is 1. The van der Waals surface area contributed by atoms with E-state index >= 15 is 4.39 Å². The predicted octanol–water partition coefficient (Wildman–Crippen LogP) is 7.36. The number of nitrogens with zero attached hydrogens (tertiary/aromatic N) is 3. The van der Waals surface area contributed by atoms with Gasteiger partial charge in [0.2, 0.25) is 0 Å². The number of fused-ring (bicyclic) bond motifs is 1. The summed E-state index contributed by atoms with van der Waals surface area (Å²) in [6.07, 6.45) is 2.64. The van der Waals surface area contributed by atoms with Crippen LogP contribution >= 0.6 is 11.8 Å². The number of rotatable bonds is 5. The second kappa shape index (κ2) is 10.3. The number of halogens is 1. The van der Waals surface area contributed by atoms with E-state index < -0.39 is 0 Å². The third-order valence-corrected chi connectivity index (χ3v) is 8.41. The molecule has 1 saturated heterocycles. The number of para-hydroxylation sites is 1. The van der Waals surface area contributed by atoms with Gasteiger partial charge in [-0.2, -0.15) is 0 Å². The van der Waals surface area contributed by atoms with Crippen molar-refractivity contribution in [3.8, 4) is 5.75 Å². The molecular formula is C31H32FN3O2S. The van der Waals surface area contributed by atoms with Crippen LogP contribution in [-0.2, 0) is 11.3 Å². The first kappa shape index (κ1) is 26.0. The van der Waals surface area contributed by atoms with E-state index in [0.29, 0.717) is 22.2 Å². The summed E-state index contributed by atoms with van der Waals surface area (Å²) < 4.78 is 20.7. The Balaban J connectivity index is 1.51. The van der Waals surface area contributed by atoms with Crippen molar-refractivity contribution in [3.05, 3.63) is 94.1 Å². The van der Waals surface area contributed by atoms with Crippen molar-refractivity contribution in [3.63, 3.8) is 0 Å². The first-order valence-corrected chi connectivity index (χ1v) is 13.5. The third kappa shape index (κ3) is 5.07. The van der Waals surface area contributed by atoms with E-state index in [-0.39, 0.29) is 23.2 Å². The molecule has 0 saturated carbocycles. The molecule has 1 fully saturated rings. The van der Waals surface area contributed by atoms with Gasteiger partial charge in [-0.1, -0.05) is 37.3 Å².